The van der Waals surface area contributed by atoms with Gasteiger partial charge in [-0.1, -0.05) is 18.2 Å². The van der Waals surface area contributed by atoms with Crippen LogP contribution in [0.3, 0.4) is 0 Å². The van der Waals surface area contributed by atoms with Gasteiger partial charge in [0.1, 0.15) is 12.4 Å². The summed E-state index contributed by atoms with van der Waals surface area (Å²) in [6, 6.07) is 14.9. The molecule has 0 bridgehead atoms. The zero-order valence-electron chi connectivity index (χ0n) is 23.5. The molecule has 0 spiro atoms. The molecule has 0 radical (unpaired) electrons. The number of nitrogens with one attached hydrogen (secondary N) is 1. The molecule has 1 atom stereocenters. The first-order chi connectivity index (χ1) is 18.9. The predicted molar refractivity (Wildman–Crippen MR) is 152 cm³/mol. The van der Waals surface area contributed by atoms with Gasteiger partial charge in [-0.2, -0.15) is 0 Å². The van der Waals surface area contributed by atoms with Crippen LogP contribution in [0, 0.1) is 12.8 Å². The molecular formula is C31H42N4O4. The third kappa shape index (κ3) is 6.92. The summed E-state index contributed by atoms with van der Waals surface area (Å²) in [6.45, 7) is 10.1. The van der Waals surface area contributed by atoms with E-state index in [-0.39, 0.29) is 24.0 Å². The van der Waals surface area contributed by atoms with E-state index in [1.54, 1.807) is 4.90 Å². The molecule has 2 aromatic carbocycles. The van der Waals surface area contributed by atoms with Gasteiger partial charge >= 0.3 is 6.09 Å². The van der Waals surface area contributed by atoms with E-state index >= 15 is 0 Å². The summed E-state index contributed by atoms with van der Waals surface area (Å²) in [5.41, 5.74) is 4.56. The Bertz CT molecular complexity index is 1160. The van der Waals surface area contributed by atoms with Crippen molar-refractivity contribution in [2.24, 2.45) is 5.92 Å². The van der Waals surface area contributed by atoms with Crippen LogP contribution in [-0.4, -0.2) is 73.8 Å². The van der Waals surface area contributed by atoms with Gasteiger partial charge < -0.3 is 24.6 Å². The summed E-state index contributed by atoms with van der Waals surface area (Å²) in [4.78, 5) is 31.2. The van der Waals surface area contributed by atoms with E-state index in [4.69, 9.17) is 9.47 Å². The molecular weight excluding hydrogens is 492 g/mol. The Kier molecular flexibility index (Phi) is 8.72. The van der Waals surface area contributed by atoms with E-state index in [9.17, 15) is 9.59 Å². The van der Waals surface area contributed by atoms with Crippen molar-refractivity contribution in [1.82, 2.24) is 15.1 Å². The molecule has 2 saturated heterocycles. The third-order valence-electron chi connectivity index (χ3n) is 8.33. The highest BCUT2D eigenvalue weighted by Gasteiger charge is 2.30. The van der Waals surface area contributed by atoms with Crippen molar-refractivity contribution in [2.45, 2.75) is 64.8 Å². The number of anilines is 1. The largest absolute Gasteiger partial charge is 0.490 e. The van der Waals surface area contributed by atoms with Crippen LogP contribution in [0.25, 0.3) is 0 Å². The second-order valence-corrected chi connectivity index (χ2v) is 11.4. The SMILES string of the molecule is Cc1cc(N(C)C(=O)[C@H]2CC[C@H](Oc3cccc(CN4CCOC4=O)c3)CC2)ccc1CN1CCN[C@@H](C)C1. The van der Waals surface area contributed by atoms with Gasteiger partial charge in [0.15, 0.2) is 0 Å². The van der Waals surface area contributed by atoms with Crippen molar-refractivity contribution in [3.05, 3.63) is 59.2 Å². The summed E-state index contributed by atoms with van der Waals surface area (Å²) in [7, 11) is 1.90. The maximum atomic E-state index is 13.4. The van der Waals surface area contributed by atoms with Crippen LogP contribution in [0.2, 0.25) is 0 Å². The van der Waals surface area contributed by atoms with Crippen LogP contribution in [0.1, 0.15) is 49.3 Å². The Labute approximate surface area is 232 Å². The Balaban J connectivity index is 1.11. The molecule has 2 aliphatic heterocycles. The molecule has 1 N–H and O–H groups in total. The molecule has 2 amide bonds. The molecule has 39 heavy (non-hydrogen) atoms. The maximum absolute atomic E-state index is 13.4. The predicted octanol–water partition coefficient (Wildman–Crippen LogP) is 4.34. The van der Waals surface area contributed by atoms with Crippen molar-refractivity contribution < 1.29 is 19.1 Å². The number of aryl methyl sites for hydroxylation is 1. The molecule has 8 nitrogen and oxygen atoms in total. The molecule has 1 aliphatic carbocycles. The first-order valence-electron chi connectivity index (χ1n) is 14.4. The zero-order valence-corrected chi connectivity index (χ0v) is 23.5. The number of cyclic esters (lactones) is 1. The normalized spacial score (nSPS) is 23.9. The van der Waals surface area contributed by atoms with Gasteiger partial charge in [0, 0.05) is 57.4 Å². The average molecular weight is 535 g/mol. The van der Waals surface area contributed by atoms with Crippen molar-refractivity contribution in [1.29, 1.82) is 0 Å². The van der Waals surface area contributed by atoms with Crippen molar-refractivity contribution in [2.75, 3.05) is 44.7 Å². The number of hydrogen-bond donors (Lipinski definition) is 1. The standard InChI is InChI=1S/C31H42N4O4/c1-22-17-27(10-7-26(22)21-34-14-13-32-23(2)19-34)33(3)30(36)25-8-11-28(12-9-25)39-29-6-4-5-24(18-29)20-35-15-16-38-31(35)37/h4-7,10,17-18,23,25,28,32H,8-9,11-16,19-21H2,1-3H3/t23-,25-,28-/m0/s1. The van der Waals surface area contributed by atoms with E-state index in [0.717, 1.165) is 68.9 Å². The topological polar surface area (TPSA) is 74.4 Å². The van der Waals surface area contributed by atoms with Crippen LogP contribution < -0.4 is 15.0 Å². The Morgan fingerprint density at radius 2 is 1.92 bits per heavy atom. The summed E-state index contributed by atoms with van der Waals surface area (Å²) >= 11 is 0. The monoisotopic (exact) mass is 534 g/mol. The molecule has 210 valence electrons. The van der Waals surface area contributed by atoms with Gasteiger partial charge in [0.25, 0.3) is 0 Å². The van der Waals surface area contributed by atoms with E-state index in [1.165, 1.54) is 11.1 Å². The summed E-state index contributed by atoms with van der Waals surface area (Å²) in [5, 5.41) is 3.50. The maximum Gasteiger partial charge on any atom is 0.410 e. The molecule has 2 heterocycles. The van der Waals surface area contributed by atoms with E-state index < -0.39 is 0 Å². The highest BCUT2D eigenvalue weighted by molar-refractivity contribution is 5.94. The van der Waals surface area contributed by atoms with Crippen LogP contribution >= 0.6 is 0 Å². The van der Waals surface area contributed by atoms with Crippen molar-refractivity contribution >= 4 is 17.7 Å². The minimum atomic E-state index is -0.259. The number of nitrogens with zero attached hydrogens (tertiary/aromatic N) is 3. The lowest BCUT2D eigenvalue weighted by atomic mass is 9.86. The number of carbonyl (C=O) groups is 2. The number of piperazine rings is 1. The van der Waals surface area contributed by atoms with Gasteiger partial charge in [-0.25, -0.2) is 4.79 Å². The van der Waals surface area contributed by atoms with E-state index in [1.807, 2.05) is 36.2 Å². The lowest BCUT2D eigenvalue weighted by Crippen LogP contribution is -2.48. The second kappa shape index (κ2) is 12.4. The summed E-state index contributed by atoms with van der Waals surface area (Å²) < 4.78 is 11.3. The van der Waals surface area contributed by atoms with Gasteiger partial charge in [0.2, 0.25) is 5.91 Å². The number of ether oxygens (including phenoxy) is 2. The fourth-order valence-electron chi connectivity index (χ4n) is 5.99. The van der Waals surface area contributed by atoms with Crippen LogP contribution in [0.5, 0.6) is 5.75 Å². The number of amides is 2. The van der Waals surface area contributed by atoms with Crippen LogP contribution in [0.15, 0.2) is 42.5 Å². The lowest BCUT2D eigenvalue weighted by Gasteiger charge is -2.32. The number of rotatable bonds is 8. The highest BCUT2D eigenvalue weighted by Crippen LogP contribution is 2.31. The minimum Gasteiger partial charge on any atom is -0.490 e. The zero-order chi connectivity index (χ0) is 27.4. The first-order valence-corrected chi connectivity index (χ1v) is 14.4. The second-order valence-electron chi connectivity index (χ2n) is 11.4. The van der Waals surface area contributed by atoms with Crippen LogP contribution in [-0.2, 0) is 22.6 Å². The van der Waals surface area contributed by atoms with Gasteiger partial charge in [-0.15, -0.1) is 0 Å². The summed E-state index contributed by atoms with van der Waals surface area (Å²) in [5.74, 6) is 1.03. The fourth-order valence-corrected chi connectivity index (χ4v) is 5.99. The lowest BCUT2D eigenvalue weighted by molar-refractivity contribution is -0.123. The number of carbonyl (C=O) groups excluding carboxylic acids is 2. The number of hydrogen-bond acceptors (Lipinski definition) is 6. The molecule has 0 aromatic heterocycles. The van der Waals surface area contributed by atoms with E-state index in [0.29, 0.717) is 25.7 Å². The average Bonchev–Trinajstić information content (AvgIpc) is 3.33. The molecule has 8 heteroatoms. The molecule has 3 fully saturated rings. The highest BCUT2D eigenvalue weighted by atomic mass is 16.6. The van der Waals surface area contributed by atoms with E-state index in [2.05, 4.69) is 42.3 Å². The van der Waals surface area contributed by atoms with Crippen molar-refractivity contribution in [3.63, 3.8) is 0 Å². The molecule has 5 rings (SSSR count). The molecule has 1 saturated carbocycles. The molecule has 2 aromatic rings. The smallest absolute Gasteiger partial charge is 0.410 e. The molecule has 0 unspecified atom stereocenters. The van der Waals surface area contributed by atoms with Crippen molar-refractivity contribution in [3.8, 4) is 5.75 Å². The Hall–Kier alpha value is -3.10. The Morgan fingerprint density at radius 3 is 2.64 bits per heavy atom. The van der Waals surface area contributed by atoms with Gasteiger partial charge in [-0.05, 0) is 80.5 Å². The Morgan fingerprint density at radius 1 is 1.10 bits per heavy atom. The fraction of sp³-hybridized carbons (Fsp3) is 0.548. The van der Waals surface area contributed by atoms with Crippen LogP contribution in [0.4, 0.5) is 10.5 Å². The van der Waals surface area contributed by atoms with Gasteiger partial charge in [-0.3, -0.25) is 9.69 Å². The summed E-state index contributed by atoms with van der Waals surface area (Å²) in [6.07, 6.45) is 3.20. The third-order valence-corrected chi connectivity index (χ3v) is 8.33. The number of benzene rings is 2. The van der Waals surface area contributed by atoms with Gasteiger partial charge in [0.05, 0.1) is 12.6 Å². The molecule has 3 aliphatic rings. The quantitative estimate of drug-likeness (QED) is 0.543. The first kappa shape index (κ1) is 27.5. The minimum absolute atomic E-state index is 0.0182.